The van der Waals surface area contributed by atoms with E-state index in [9.17, 15) is 0 Å². The maximum Gasteiger partial charge on any atom is 0.202 e. The normalized spacial score (nSPS) is 20.5. The summed E-state index contributed by atoms with van der Waals surface area (Å²) in [6, 6.07) is 0.477. The summed E-state index contributed by atoms with van der Waals surface area (Å²) < 4.78 is 4.09. The average Bonchev–Trinajstić information content (AvgIpc) is 2.96. The molecule has 3 rings (SSSR count). The number of nitrogen functional groups attached to an aromatic ring is 1. The van der Waals surface area contributed by atoms with Gasteiger partial charge in [-0.25, -0.2) is 4.98 Å². The van der Waals surface area contributed by atoms with Gasteiger partial charge in [-0.2, -0.15) is 16.9 Å². The Kier molecular flexibility index (Phi) is 2.54. The van der Waals surface area contributed by atoms with Crippen LogP contribution < -0.4 is 5.73 Å². The van der Waals surface area contributed by atoms with Gasteiger partial charge in [-0.3, -0.25) is 9.25 Å². The first kappa shape index (κ1) is 11.0. The van der Waals surface area contributed by atoms with E-state index < -0.39 is 0 Å². The van der Waals surface area contributed by atoms with Gasteiger partial charge in [0.25, 0.3) is 0 Å². The van der Waals surface area contributed by atoms with E-state index in [0.717, 1.165) is 29.0 Å². The van der Waals surface area contributed by atoms with Crippen molar-refractivity contribution in [2.45, 2.75) is 25.8 Å². The molecule has 0 aliphatic carbocycles. The molecule has 2 aromatic rings. The molecule has 5 nitrogen and oxygen atoms in total. The van der Waals surface area contributed by atoms with E-state index in [2.05, 4.69) is 21.6 Å². The first-order valence-corrected chi connectivity index (χ1v) is 7.14. The Balaban J connectivity index is 2.22. The third-order valence-corrected chi connectivity index (χ3v) is 4.51. The fourth-order valence-electron chi connectivity index (χ4n) is 2.54. The van der Waals surface area contributed by atoms with Crippen molar-refractivity contribution < 1.29 is 0 Å². The molecule has 6 heteroatoms. The Morgan fingerprint density at radius 1 is 1.53 bits per heavy atom. The van der Waals surface area contributed by atoms with E-state index in [1.165, 1.54) is 12.2 Å². The highest BCUT2D eigenvalue weighted by Gasteiger charge is 2.25. The summed E-state index contributed by atoms with van der Waals surface area (Å²) in [5.74, 6) is 2.97. The maximum atomic E-state index is 6.07. The van der Waals surface area contributed by atoms with Gasteiger partial charge in [0, 0.05) is 18.8 Å². The van der Waals surface area contributed by atoms with E-state index in [0.29, 0.717) is 12.0 Å². The highest BCUT2D eigenvalue weighted by Crippen LogP contribution is 2.33. The number of imidazole rings is 1. The third kappa shape index (κ3) is 1.54. The number of rotatable bonds is 2. The molecular weight excluding hydrogens is 234 g/mol. The van der Waals surface area contributed by atoms with Crippen molar-refractivity contribution in [2.75, 3.05) is 17.2 Å². The van der Waals surface area contributed by atoms with Gasteiger partial charge in [0.05, 0.1) is 5.69 Å². The lowest BCUT2D eigenvalue weighted by Crippen LogP contribution is -2.13. The molecule has 2 aromatic heterocycles. The first-order valence-electron chi connectivity index (χ1n) is 5.99. The SMILES string of the molecule is CCc1nn(C)c2c1nc(N)n2C1CCSC1. The zero-order chi connectivity index (χ0) is 12.0. The van der Waals surface area contributed by atoms with Crippen molar-refractivity contribution in [1.82, 2.24) is 19.3 Å². The predicted molar refractivity (Wildman–Crippen MR) is 71.3 cm³/mol. The number of thioether (sulfide) groups is 1. The molecule has 1 unspecified atom stereocenters. The summed E-state index contributed by atoms with van der Waals surface area (Å²) in [6.07, 6.45) is 2.07. The van der Waals surface area contributed by atoms with Crippen LogP contribution in [-0.2, 0) is 13.5 Å². The Labute approximate surface area is 104 Å². The zero-order valence-corrected chi connectivity index (χ0v) is 11.0. The third-order valence-electron chi connectivity index (χ3n) is 3.37. The molecule has 0 bridgehead atoms. The zero-order valence-electron chi connectivity index (χ0n) is 10.2. The molecule has 0 saturated carbocycles. The molecule has 0 radical (unpaired) electrons. The second-order valence-electron chi connectivity index (χ2n) is 4.45. The Bertz CT molecular complexity index is 550. The van der Waals surface area contributed by atoms with Crippen LogP contribution in [-0.4, -0.2) is 30.8 Å². The van der Waals surface area contributed by atoms with Gasteiger partial charge >= 0.3 is 0 Å². The lowest BCUT2D eigenvalue weighted by molar-refractivity contribution is 0.566. The predicted octanol–water partition coefficient (Wildman–Crippen LogP) is 1.59. The molecule has 1 aliphatic heterocycles. The van der Waals surface area contributed by atoms with Gasteiger partial charge in [-0.15, -0.1) is 0 Å². The Hall–Kier alpha value is -1.17. The van der Waals surface area contributed by atoms with E-state index in [1.807, 2.05) is 23.5 Å². The van der Waals surface area contributed by atoms with Gasteiger partial charge < -0.3 is 5.73 Å². The van der Waals surface area contributed by atoms with Gasteiger partial charge in [-0.05, 0) is 18.6 Å². The molecule has 1 fully saturated rings. The largest absolute Gasteiger partial charge is 0.369 e. The van der Waals surface area contributed by atoms with Gasteiger partial charge in [0.15, 0.2) is 5.65 Å². The number of nitrogens with zero attached hydrogens (tertiary/aromatic N) is 4. The molecule has 92 valence electrons. The van der Waals surface area contributed by atoms with Gasteiger partial charge in [0.1, 0.15) is 5.52 Å². The summed E-state index contributed by atoms with van der Waals surface area (Å²) in [5, 5.41) is 4.51. The number of aromatic nitrogens is 4. The summed E-state index contributed by atoms with van der Waals surface area (Å²) in [4.78, 5) is 4.50. The summed E-state index contributed by atoms with van der Waals surface area (Å²) in [7, 11) is 1.97. The first-order chi connectivity index (χ1) is 8.22. The second kappa shape index (κ2) is 3.94. The van der Waals surface area contributed by atoms with Crippen molar-refractivity contribution in [3.05, 3.63) is 5.69 Å². The Morgan fingerprint density at radius 3 is 3.00 bits per heavy atom. The fraction of sp³-hybridized carbons (Fsp3) is 0.636. The van der Waals surface area contributed by atoms with Gasteiger partial charge in [-0.1, -0.05) is 6.92 Å². The van der Waals surface area contributed by atoms with Crippen LogP contribution in [0.5, 0.6) is 0 Å². The van der Waals surface area contributed by atoms with Crippen LogP contribution in [0.1, 0.15) is 25.1 Å². The van der Waals surface area contributed by atoms with Gasteiger partial charge in [0.2, 0.25) is 5.95 Å². The average molecular weight is 251 g/mol. The number of hydrogen-bond acceptors (Lipinski definition) is 4. The van der Waals surface area contributed by atoms with Crippen molar-refractivity contribution in [1.29, 1.82) is 0 Å². The Morgan fingerprint density at radius 2 is 2.35 bits per heavy atom. The van der Waals surface area contributed by atoms with Crippen LogP contribution in [0.15, 0.2) is 0 Å². The molecule has 1 aliphatic rings. The summed E-state index contributed by atoms with van der Waals surface area (Å²) in [5.41, 5.74) is 9.16. The van der Waals surface area contributed by atoms with Crippen molar-refractivity contribution in [2.24, 2.45) is 7.05 Å². The number of fused-ring (bicyclic) bond motifs is 1. The highest BCUT2D eigenvalue weighted by atomic mass is 32.2. The van der Waals surface area contributed by atoms with Crippen LogP contribution in [0, 0.1) is 0 Å². The lowest BCUT2D eigenvalue weighted by atomic mass is 10.2. The fourth-order valence-corrected chi connectivity index (χ4v) is 3.74. The highest BCUT2D eigenvalue weighted by molar-refractivity contribution is 7.99. The van der Waals surface area contributed by atoms with Crippen LogP contribution in [0.4, 0.5) is 5.95 Å². The van der Waals surface area contributed by atoms with E-state index in [1.54, 1.807) is 0 Å². The quantitative estimate of drug-likeness (QED) is 0.880. The number of anilines is 1. The smallest absolute Gasteiger partial charge is 0.202 e. The number of aryl methyl sites for hydroxylation is 2. The minimum atomic E-state index is 0.477. The van der Waals surface area contributed by atoms with Crippen LogP contribution >= 0.6 is 11.8 Å². The molecular formula is C11H17N5S. The summed E-state index contributed by atoms with van der Waals surface area (Å²) in [6.45, 7) is 2.10. The monoisotopic (exact) mass is 251 g/mol. The van der Waals surface area contributed by atoms with Crippen molar-refractivity contribution in [3.63, 3.8) is 0 Å². The van der Waals surface area contributed by atoms with Crippen molar-refractivity contribution >= 4 is 28.9 Å². The lowest BCUT2D eigenvalue weighted by Gasteiger charge is -2.13. The molecule has 2 N–H and O–H groups in total. The minimum Gasteiger partial charge on any atom is -0.369 e. The number of hydrogen-bond donors (Lipinski definition) is 1. The molecule has 0 amide bonds. The summed E-state index contributed by atoms with van der Waals surface area (Å²) >= 11 is 1.98. The molecule has 17 heavy (non-hydrogen) atoms. The van der Waals surface area contributed by atoms with Crippen LogP contribution in [0.3, 0.4) is 0 Å². The molecule has 3 heterocycles. The molecule has 1 atom stereocenters. The number of nitrogens with two attached hydrogens (primary N) is 1. The van der Waals surface area contributed by atoms with Crippen molar-refractivity contribution in [3.8, 4) is 0 Å². The molecule has 0 spiro atoms. The molecule has 0 aromatic carbocycles. The minimum absolute atomic E-state index is 0.477. The topological polar surface area (TPSA) is 61.7 Å². The van der Waals surface area contributed by atoms with Crippen LogP contribution in [0.2, 0.25) is 0 Å². The second-order valence-corrected chi connectivity index (χ2v) is 5.60. The van der Waals surface area contributed by atoms with E-state index in [4.69, 9.17) is 5.73 Å². The molecule has 1 saturated heterocycles. The van der Waals surface area contributed by atoms with Crippen LogP contribution in [0.25, 0.3) is 11.2 Å². The van der Waals surface area contributed by atoms with E-state index >= 15 is 0 Å². The maximum absolute atomic E-state index is 6.07. The standard InChI is InChI=1S/C11H17N5S/c1-3-8-9-10(15(2)14-8)16(11(12)13-9)7-4-5-17-6-7/h7H,3-6H2,1-2H3,(H2,12,13). The van der Waals surface area contributed by atoms with E-state index in [-0.39, 0.29) is 0 Å².